The molecule has 0 saturated carbocycles. The van der Waals surface area contributed by atoms with E-state index in [-0.39, 0.29) is 5.75 Å². The number of aromatic nitrogens is 1. The number of phenols is 1. The molecule has 144 valence electrons. The molecule has 0 saturated heterocycles. The normalized spacial score (nSPS) is 11.7. The second-order valence-electron chi connectivity index (χ2n) is 5.75. The van der Waals surface area contributed by atoms with Crippen LogP contribution >= 0.6 is 11.3 Å². The highest BCUT2D eigenvalue weighted by atomic mass is 32.1. The molecule has 0 spiro atoms. The molecule has 0 atom stereocenters. The maximum absolute atomic E-state index is 9.97. The molecule has 0 fully saturated rings. The van der Waals surface area contributed by atoms with Gasteiger partial charge in [0.2, 0.25) is 4.80 Å². The van der Waals surface area contributed by atoms with Crippen LogP contribution in [0, 0.1) is 0 Å². The van der Waals surface area contributed by atoms with E-state index in [1.165, 1.54) is 18.4 Å². The average Bonchev–Trinajstić information content (AvgIpc) is 3.13. The fraction of sp³-hybridized carbons (Fsp3) is 0.143. The summed E-state index contributed by atoms with van der Waals surface area (Å²) in [7, 11) is 3.15. The predicted octanol–water partition coefficient (Wildman–Crippen LogP) is 3.91. The first-order valence-corrected chi connectivity index (χ1v) is 9.42. The molecule has 1 aromatic heterocycles. The second-order valence-corrected chi connectivity index (χ2v) is 6.59. The molecule has 3 aromatic rings. The van der Waals surface area contributed by atoms with E-state index < -0.39 is 0 Å². The van der Waals surface area contributed by atoms with Gasteiger partial charge in [0.15, 0.2) is 11.5 Å². The Morgan fingerprint density at radius 2 is 1.93 bits per heavy atom. The fourth-order valence-corrected chi connectivity index (χ4v) is 3.38. The van der Waals surface area contributed by atoms with Crippen LogP contribution in [0.3, 0.4) is 0 Å². The Kier molecular flexibility index (Phi) is 6.29. The summed E-state index contributed by atoms with van der Waals surface area (Å²) in [6.07, 6.45) is 3.41. The highest BCUT2D eigenvalue weighted by molar-refractivity contribution is 7.07. The van der Waals surface area contributed by atoms with Gasteiger partial charge >= 0.3 is 0 Å². The Balaban J connectivity index is 2.02. The zero-order valence-electron chi connectivity index (χ0n) is 15.7. The smallest absolute Gasteiger partial charge is 0.206 e. The van der Waals surface area contributed by atoms with Gasteiger partial charge < -0.3 is 14.6 Å². The number of benzene rings is 2. The second kappa shape index (κ2) is 9.05. The van der Waals surface area contributed by atoms with Crippen LogP contribution in [-0.2, 0) is 0 Å². The van der Waals surface area contributed by atoms with Crippen molar-refractivity contribution in [2.24, 2.45) is 10.1 Å². The van der Waals surface area contributed by atoms with E-state index in [1.54, 1.807) is 36.2 Å². The van der Waals surface area contributed by atoms with E-state index in [0.717, 1.165) is 27.4 Å². The number of rotatable bonds is 7. The van der Waals surface area contributed by atoms with E-state index in [2.05, 4.69) is 16.7 Å². The molecule has 0 amide bonds. The molecule has 7 heteroatoms. The number of aromatic hydroxyl groups is 1. The summed E-state index contributed by atoms with van der Waals surface area (Å²) in [4.78, 5) is 5.27. The summed E-state index contributed by atoms with van der Waals surface area (Å²) in [5.74, 6) is 1.27. The van der Waals surface area contributed by atoms with Crippen molar-refractivity contribution in [3.05, 3.63) is 70.9 Å². The minimum atomic E-state index is 0.0636. The number of hydrogen-bond donors (Lipinski definition) is 1. The lowest BCUT2D eigenvalue weighted by atomic mass is 10.2. The maximum atomic E-state index is 9.97. The van der Waals surface area contributed by atoms with Gasteiger partial charge in [-0.05, 0) is 48.0 Å². The molecule has 0 aliphatic heterocycles. The molecular weight excluding hydrogens is 374 g/mol. The first-order chi connectivity index (χ1) is 13.7. The Morgan fingerprint density at radius 3 is 2.57 bits per heavy atom. The summed E-state index contributed by atoms with van der Waals surface area (Å²) in [5, 5.41) is 16.6. The molecule has 0 unspecified atom stereocenters. The number of thiazole rings is 1. The van der Waals surface area contributed by atoms with Gasteiger partial charge in [0.1, 0.15) is 5.75 Å². The van der Waals surface area contributed by atoms with Crippen LogP contribution in [0.1, 0.15) is 5.56 Å². The molecule has 1 heterocycles. The third-order valence-electron chi connectivity index (χ3n) is 3.95. The van der Waals surface area contributed by atoms with Gasteiger partial charge in [-0.15, -0.1) is 17.9 Å². The van der Waals surface area contributed by atoms with Crippen LogP contribution < -0.4 is 14.3 Å². The van der Waals surface area contributed by atoms with Gasteiger partial charge in [-0.3, -0.25) is 4.99 Å². The van der Waals surface area contributed by atoms with Crippen molar-refractivity contribution in [1.29, 1.82) is 0 Å². The van der Waals surface area contributed by atoms with E-state index in [4.69, 9.17) is 9.47 Å². The van der Waals surface area contributed by atoms with Crippen LogP contribution in [0.5, 0.6) is 17.2 Å². The summed E-state index contributed by atoms with van der Waals surface area (Å²) < 4.78 is 12.1. The maximum Gasteiger partial charge on any atom is 0.206 e. The van der Waals surface area contributed by atoms with E-state index in [1.807, 2.05) is 35.7 Å². The highest BCUT2D eigenvalue weighted by Crippen LogP contribution is 2.26. The van der Waals surface area contributed by atoms with Crippen molar-refractivity contribution in [3.63, 3.8) is 0 Å². The zero-order chi connectivity index (χ0) is 19.9. The van der Waals surface area contributed by atoms with Crippen LogP contribution in [0.2, 0.25) is 0 Å². The molecule has 0 bridgehead atoms. The minimum Gasteiger partial charge on any atom is -0.504 e. The molecule has 6 nitrogen and oxygen atoms in total. The molecule has 0 radical (unpaired) electrons. The summed E-state index contributed by atoms with van der Waals surface area (Å²) >= 11 is 1.50. The lowest BCUT2D eigenvalue weighted by molar-refractivity contribution is 0.373. The van der Waals surface area contributed by atoms with Crippen molar-refractivity contribution in [2.75, 3.05) is 20.8 Å². The summed E-state index contributed by atoms with van der Waals surface area (Å²) in [6.45, 7) is 4.22. The van der Waals surface area contributed by atoms with Gasteiger partial charge in [-0.1, -0.05) is 6.08 Å². The fourth-order valence-electron chi connectivity index (χ4n) is 2.53. The number of ether oxygens (including phenoxy) is 2. The van der Waals surface area contributed by atoms with Crippen molar-refractivity contribution in [1.82, 2.24) is 4.68 Å². The molecule has 0 aliphatic rings. The van der Waals surface area contributed by atoms with Crippen molar-refractivity contribution < 1.29 is 14.6 Å². The van der Waals surface area contributed by atoms with Crippen molar-refractivity contribution >= 4 is 17.6 Å². The van der Waals surface area contributed by atoms with Gasteiger partial charge in [0.05, 0.1) is 32.7 Å². The number of nitrogens with zero attached hydrogens (tertiary/aromatic N) is 3. The molecule has 0 aliphatic carbocycles. The lowest BCUT2D eigenvalue weighted by Gasteiger charge is -2.06. The number of hydrogen-bond acceptors (Lipinski definition) is 6. The Bertz CT molecular complexity index is 1050. The van der Waals surface area contributed by atoms with Crippen LogP contribution in [0.25, 0.3) is 11.3 Å². The molecule has 2 aromatic carbocycles. The summed E-state index contributed by atoms with van der Waals surface area (Å²) in [5.41, 5.74) is 2.64. The van der Waals surface area contributed by atoms with E-state index >= 15 is 0 Å². The number of phenolic OH excluding ortho intramolecular Hbond substituents is 1. The highest BCUT2D eigenvalue weighted by Gasteiger charge is 2.08. The topological polar surface area (TPSA) is 68.3 Å². The SMILES string of the molecule is C=CCN=c1scc(-c2ccc(OC)cc2)n1N=Cc1ccc(OC)c(O)c1. The minimum absolute atomic E-state index is 0.0636. The van der Waals surface area contributed by atoms with Gasteiger partial charge in [-0.2, -0.15) is 5.10 Å². The monoisotopic (exact) mass is 395 g/mol. The van der Waals surface area contributed by atoms with Crippen LogP contribution in [0.15, 0.2) is 70.6 Å². The largest absolute Gasteiger partial charge is 0.504 e. The molecule has 1 N–H and O–H groups in total. The Labute approximate surface area is 167 Å². The third kappa shape index (κ3) is 4.32. The predicted molar refractivity (Wildman–Crippen MR) is 113 cm³/mol. The molecule has 28 heavy (non-hydrogen) atoms. The van der Waals surface area contributed by atoms with Gasteiger partial charge in [0, 0.05) is 10.9 Å². The van der Waals surface area contributed by atoms with Gasteiger partial charge in [-0.25, -0.2) is 4.68 Å². The van der Waals surface area contributed by atoms with Gasteiger partial charge in [0.25, 0.3) is 0 Å². The quantitative estimate of drug-likeness (QED) is 0.487. The zero-order valence-corrected chi connectivity index (χ0v) is 16.5. The molecular formula is C21H21N3O3S. The average molecular weight is 395 g/mol. The van der Waals surface area contributed by atoms with E-state index in [9.17, 15) is 5.11 Å². The van der Waals surface area contributed by atoms with Crippen molar-refractivity contribution in [2.45, 2.75) is 0 Å². The standard InChI is InChI=1S/C21H21N3O3S/c1-4-11-22-21-24(23-13-15-5-10-20(27-3)19(25)12-15)18(14-28-21)16-6-8-17(26-2)9-7-16/h4-10,12-14,25H,1,11H2,2-3H3. The first kappa shape index (κ1) is 19.4. The van der Waals surface area contributed by atoms with Crippen LogP contribution in [-0.4, -0.2) is 36.8 Å². The first-order valence-electron chi connectivity index (χ1n) is 8.54. The van der Waals surface area contributed by atoms with Crippen molar-refractivity contribution in [3.8, 4) is 28.5 Å². The Morgan fingerprint density at radius 1 is 1.14 bits per heavy atom. The third-order valence-corrected chi connectivity index (χ3v) is 4.81. The lowest BCUT2D eigenvalue weighted by Crippen LogP contribution is -2.12. The number of methoxy groups -OCH3 is 2. The van der Waals surface area contributed by atoms with Crippen LogP contribution in [0.4, 0.5) is 0 Å². The molecule has 3 rings (SSSR count). The van der Waals surface area contributed by atoms with E-state index in [0.29, 0.717) is 12.3 Å². The Hall–Kier alpha value is -3.32. The summed E-state index contributed by atoms with van der Waals surface area (Å²) in [6, 6.07) is 12.9.